The van der Waals surface area contributed by atoms with Crippen molar-refractivity contribution in [2.45, 2.75) is 19.3 Å². The minimum absolute atomic E-state index is 0.232. The average molecular weight is 532 g/mol. The van der Waals surface area contributed by atoms with Crippen molar-refractivity contribution in [3.63, 3.8) is 0 Å². The fourth-order valence-electron chi connectivity index (χ4n) is 3.35. The highest BCUT2D eigenvalue weighted by molar-refractivity contribution is 7.88. The number of sulfonamides is 1. The smallest absolute Gasteiger partial charge is 0.229 e. The summed E-state index contributed by atoms with van der Waals surface area (Å²) in [6, 6.07) is 11.4. The molecule has 0 saturated carbocycles. The van der Waals surface area contributed by atoms with E-state index < -0.39 is 10.0 Å². The zero-order valence-corrected chi connectivity index (χ0v) is 21.6. The van der Waals surface area contributed by atoms with E-state index in [0.29, 0.717) is 46.3 Å². The Bertz CT molecular complexity index is 1150. The third-order valence-electron chi connectivity index (χ3n) is 5.21. The molecule has 0 aliphatic carbocycles. The minimum atomic E-state index is -3.37. The second-order valence-corrected chi connectivity index (χ2v) is 11.0. The van der Waals surface area contributed by atoms with Gasteiger partial charge in [-0.2, -0.15) is 0 Å². The predicted octanol–water partition coefficient (Wildman–Crippen LogP) is 5.20. The Hall–Kier alpha value is -1.93. The van der Waals surface area contributed by atoms with Crippen LogP contribution in [0.5, 0.6) is 11.5 Å². The topological polar surface area (TPSA) is 77.0 Å². The normalized spacial score (nSPS) is 14.0. The highest BCUT2D eigenvalue weighted by Crippen LogP contribution is 2.40. The van der Waals surface area contributed by atoms with Gasteiger partial charge in [-0.1, -0.05) is 49.2 Å². The molecule has 1 heterocycles. The van der Waals surface area contributed by atoms with Crippen LogP contribution in [0.15, 0.2) is 52.7 Å². The molecule has 0 fully saturated rings. The average Bonchev–Trinajstić information content (AvgIpc) is 3.17. The highest BCUT2D eigenvalue weighted by atomic mass is 35.5. The van der Waals surface area contributed by atoms with Gasteiger partial charge in [-0.05, 0) is 35.4 Å². The van der Waals surface area contributed by atoms with Gasteiger partial charge in [0.2, 0.25) is 10.0 Å². The molecule has 0 unspecified atom stereocenters. The summed E-state index contributed by atoms with van der Waals surface area (Å²) in [5.41, 5.74) is 2.83. The lowest BCUT2D eigenvalue weighted by Crippen LogP contribution is -2.23. The molecule has 10 heteroatoms. The Balaban J connectivity index is 1.73. The van der Waals surface area contributed by atoms with Gasteiger partial charge < -0.3 is 9.47 Å². The maximum absolute atomic E-state index is 11.5. The monoisotopic (exact) mass is 530 g/mol. The van der Waals surface area contributed by atoms with Gasteiger partial charge >= 0.3 is 0 Å². The van der Waals surface area contributed by atoms with Crippen LogP contribution in [0.4, 0.5) is 0 Å². The summed E-state index contributed by atoms with van der Waals surface area (Å²) in [5.74, 6) is 1.43. The maximum Gasteiger partial charge on any atom is 0.229 e. The van der Waals surface area contributed by atoms with E-state index in [1.807, 2.05) is 36.4 Å². The molecule has 1 aliphatic heterocycles. The number of aliphatic imine (C=N–C) groups is 1. The Labute approximate surface area is 209 Å². The Morgan fingerprint density at radius 3 is 2.27 bits per heavy atom. The number of alkyl halides is 1. The Morgan fingerprint density at radius 1 is 1.06 bits per heavy atom. The molecular formula is C23H25Cl3N2O4S. The van der Waals surface area contributed by atoms with Crippen molar-refractivity contribution in [1.82, 2.24) is 4.72 Å². The van der Waals surface area contributed by atoms with Crippen molar-refractivity contribution in [2.75, 3.05) is 31.9 Å². The highest BCUT2D eigenvalue weighted by Gasteiger charge is 2.26. The molecule has 0 radical (unpaired) electrons. The van der Waals surface area contributed by atoms with Crippen molar-refractivity contribution < 1.29 is 17.9 Å². The van der Waals surface area contributed by atoms with Gasteiger partial charge in [-0.3, -0.25) is 9.71 Å². The number of allylic oxidation sites excluding steroid dienone is 1. The SMILES string of the molecule is CC(C)(c1ccc(OCC2=C(NS(C)(=O)=O)C=NC2)cc1)c1cc(Cl)c(OCCCl)c(Cl)c1. The molecule has 0 bridgehead atoms. The lowest BCUT2D eigenvalue weighted by molar-refractivity contribution is 0.343. The number of halogens is 3. The second kappa shape index (κ2) is 10.6. The predicted molar refractivity (Wildman–Crippen MR) is 135 cm³/mol. The van der Waals surface area contributed by atoms with Crippen LogP contribution in [0.2, 0.25) is 10.0 Å². The molecular weight excluding hydrogens is 507 g/mol. The minimum Gasteiger partial charge on any atom is -0.489 e. The number of rotatable bonds is 10. The largest absolute Gasteiger partial charge is 0.489 e. The summed E-state index contributed by atoms with van der Waals surface area (Å²) in [4.78, 5) is 4.12. The molecule has 2 aromatic rings. The first-order valence-corrected chi connectivity index (χ1v) is 13.3. The van der Waals surface area contributed by atoms with Crippen LogP contribution in [-0.4, -0.2) is 46.5 Å². The fraction of sp³-hybridized carbons (Fsp3) is 0.348. The van der Waals surface area contributed by atoms with E-state index in [1.165, 1.54) is 6.21 Å². The van der Waals surface area contributed by atoms with Crippen molar-refractivity contribution in [2.24, 2.45) is 4.99 Å². The first-order valence-electron chi connectivity index (χ1n) is 10.1. The van der Waals surface area contributed by atoms with Crippen LogP contribution in [0, 0.1) is 0 Å². The van der Waals surface area contributed by atoms with Crippen LogP contribution in [-0.2, 0) is 15.4 Å². The number of nitrogens with zero attached hydrogens (tertiary/aromatic N) is 1. The van der Waals surface area contributed by atoms with Gasteiger partial charge in [0.15, 0.2) is 5.75 Å². The molecule has 178 valence electrons. The van der Waals surface area contributed by atoms with Gasteiger partial charge in [0.05, 0.1) is 34.4 Å². The second-order valence-electron chi connectivity index (χ2n) is 8.11. The van der Waals surface area contributed by atoms with Gasteiger partial charge in [-0.15, -0.1) is 11.6 Å². The van der Waals surface area contributed by atoms with E-state index in [-0.39, 0.29) is 12.0 Å². The van der Waals surface area contributed by atoms with Gasteiger partial charge in [-0.25, -0.2) is 8.42 Å². The first kappa shape index (κ1) is 25.7. The van der Waals surface area contributed by atoms with Crippen molar-refractivity contribution >= 4 is 51.0 Å². The molecule has 0 spiro atoms. The molecule has 1 aliphatic rings. The maximum atomic E-state index is 11.5. The molecule has 0 aromatic heterocycles. The van der Waals surface area contributed by atoms with Crippen molar-refractivity contribution in [3.05, 3.63) is 68.8 Å². The Morgan fingerprint density at radius 2 is 1.70 bits per heavy atom. The Kier molecular flexibility index (Phi) is 8.22. The van der Waals surface area contributed by atoms with E-state index in [2.05, 4.69) is 23.6 Å². The van der Waals surface area contributed by atoms with Crippen LogP contribution < -0.4 is 14.2 Å². The van der Waals surface area contributed by atoms with Crippen molar-refractivity contribution in [1.29, 1.82) is 0 Å². The number of benzene rings is 2. The fourth-order valence-corrected chi connectivity index (χ4v) is 4.62. The van der Waals surface area contributed by atoms with Crippen LogP contribution in [0.3, 0.4) is 0 Å². The molecule has 0 atom stereocenters. The van der Waals surface area contributed by atoms with Gasteiger partial charge in [0.1, 0.15) is 19.0 Å². The number of hydrogen-bond donors (Lipinski definition) is 1. The lowest BCUT2D eigenvalue weighted by Gasteiger charge is -2.27. The van der Waals surface area contributed by atoms with E-state index in [4.69, 9.17) is 44.3 Å². The number of hydrogen-bond acceptors (Lipinski definition) is 5. The number of ether oxygens (including phenoxy) is 2. The summed E-state index contributed by atoms with van der Waals surface area (Å²) < 4.78 is 36.8. The van der Waals surface area contributed by atoms with E-state index in [0.717, 1.165) is 23.0 Å². The summed E-state index contributed by atoms with van der Waals surface area (Å²) in [7, 11) is -3.37. The van der Waals surface area contributed by atoms with Gasteiger partial charge in [0.25, 0.3) is 0 Å². The number of nitrogens with one attached hydrogen (secondary N) is 1. The van der Waals surface area contributed by atoms with E-state index in [1.54, 1.807) is 0 Å². The van der Waals surface area contributed by atoms with Crippen LogP contribution in [0.25, 0.3) is 0 Å². The molecule has 3 rings (SSSR count). The molecule has 2 aromatic carbocycles. The van der Waals surface area contributed by atoms with E-state index >= 15 is 0 Å². The standard InChI is InChI=1S/C23H25Cl3N2O4S/c1-23(2,17-10-19(25)22(20(26)11-17)31-9-8-24)16-4-6-18(7-5-16)32-14-15-12-27-13-21(15)28-33(3,29)30/h4-7,10-11,13,28H,8-9,12,14H2,1-3H3. The summed E-state index contributed by atoms with van der Waals surface area (Å²) >= 11 is 18.5. The third-order valence-corrected chi connectivity index (χ3v) is 6.52. The summed E-state index contributed by atoms with van der Waals surface area (Å²) in [6.07, 6.45) is 2.61. The summed E-state index contributed by atoms with van der Waals surface area (Å²) in [6.45, 7) is 5.10. The molecule has 6 nitrogen and oxygen atoms in total. The molecule has 1 N–H and O–H groups in total. The molecule has 0 saturated heterocycles. The van der Waals surface area contributed by atoms with Gasteiger partial charge in [0, 0.05) is 17.2 Å². The summed E-state index contributed by atoms with van der Waals surface area (Å²) in [5, 5.41) is 0.863. The lowest BCUT2D eigenvalue weighted by atomic mass is 9.78. The third kappa shape index (κ3) is 6.57. The van der Waals surface area contributed by atoms with E-state index in [9.17, 15) is 8.42 Å². The molecule has 33 heavy (non-hydrogen) atoms. The molecule has 0 amide bonds. The first-order chi connectivity index (χ1) is 15.5. The quantitative estimate of drug-likeness (QED) is 0.427. The van der Waals surface area contributed by atoms with Crippen LogP contribution in [0.1, 0.15) is 25.0 Å². The zero-order valence-electron chi connectivity index (χ0n) is 18.5. The van der Waals surface area contributed by atoms with Crippen LogP contribution >= 0.6 is 34.8 Å². The van der Waals surface area contributed by atoms with Crippen molar-refractivity contribution in [3.8, 4) is 11.5 Å². The zero-order chi connectivity index (χ0) is 24.2.